The molecule has 4 aromatic carbocycles. The average molecular weight is 831 g/mol. The Hall–Kier alpha value is -7.22. The zero-order valence-electron chi connectivity index (χ0n) is 34.2. The molecule has 6 aromatic rings. The molecule has 8 atom stereocenters. The minimum absolute atomic E-state index is 0.0710. The first-order chi connectivity index (χ1) is 30.0. The van der Waals surface area contributed by atoms with Crippen molar-refractivity contribution in [3.05, 3.63) is 144 Å². The van der Waals surface area contributed by atoms with E-state index in [9.17, 15) is 29.4 Å². The van der Waals surface area contributed by atoms with Crippen LogP contribution in [0, 0.1) is 11.8 Å². The van der Waals surface area contributed by atoms with Crippen molar-refractivity contribution >= 4 is 24.0 Å². The second kappa shape index (κ2) is 15.4. The van der Waals surface area contributed by atoms with Crippen LogP contribution in [-0.2, 0) is 9.59 Å². The number of nitrogens with zero attached hydrogens (tertiary/aromatic N) is 6. The number of likely N-dealkylation sites (N-methyl/N-ethyl adjacent to an activating group) is 2. The van der Waals surface area contributed by atoms with Gasteiger partial charge in [0, 0.05) is 49.7 Å². The highest BCUT2D eigenvalue weighted by molar-refractivity contribution is 5.89. The molecule has 14 nitrogen and oxygen atoms in total. The maximum absolute atomic E-state index is 14.2. The third-order valence-electron chi connectivity index (χ3n) is 13.3. The molecule has 2 aromatic heterocycles. The lowest BCUT2D eigenvalue weighted by Crippen LogP contribution is -2.44. The van der Waals surface area contributed by atoms with E-state index in [2.05, 4.69) is 34.2 Å². The lowest BCUT2D eigenvalue weighted by molar-refractivity contribution is -0.139. The number of hydrogen-bond acceptors (Lipinski definition) is 6. The van der Waals surface area contributed by atoms with Crippen LogP contribution < -0.4 is 0 Å². The minimum atomic E-state index is -1.16. The van der Waals surface area contributed by atoms with Crippen molar-refractivity contribution in [3.8, 4) is 33.6 Å². The van der Waals surface area contributed by atoms with Gasteiger partial charge in [0.25, 0.3) is 11.8 Å². The Labute approximate surface area is 357 Å². The van der Waals surface area contributed by atoms with Crippen molar-refractivity contribution < 1.29 is 29.4 Å². The summed E-state index contributed by atoms with van der Waals surface area (Å²) in [5, 5.41) is 19.8. The molecular weight excluding hydrogens is 785 g/mol. The number of rotatable bonds is 11. The number of aromatic amines is 2. The first-order valence-electron chi connectivity index (χ1n) is 21.0. The van der Waals surface area contributed by atoms with E-state index < -0.39 is 24.3 Å². The molecular formula is C48H46N8O6. The van der Waals surface area contributed by atoms with E-state index in [-0.39, 0.29) is 36.0 Å². The topological polar surface area (TPSA) is 179 Å². The summed E-state index contributed by atoms with van der Waals surface area (Å²) in [6.07, 6.45) is 4.77. The predicted molar refractivity (Wildman–Crippen MR) is 229 cm³/mol. The predicted octanol–water partition coefficient (Wildman–Crippen LogP) is 8.16. The quantitative estimate of drug-likeness (QED) is 0.101. The second-order valence-corrected chi connectivity index (χ2v) is 17.0. The number of fused-ring (bicyclic) bond motifs is 2. The van der Waals surface area contributed by atoms with Gasteiger partial charge in [0.05, 0.1) is 23.5 Å². The molecule has 2 saturated carbocycles. The second-order valence-electron chi connectivity index (χ2n) is 17.0. The first kappa shape index (κ1) is 38.9. The molecule has 0 spiro atoms. The van der Waals surface area contributed by atoms with E-state index >= 15 is 0 Å². The minimum Gasteiger partial charge on any atom is -0.465 e. The Morgan fingerprint density at radius 2 is 0.903 bits per heavy atom. The summed E-state index contributed by atoms with van der Waals surface area (Å²) < 4.78 is 0. The Kier molecular flexibility index (Phi) is 9.65. The standard InChI is InChI=1S/C48H46N8O6/c1-53(47(59)60)41(31-9-5-3-6-10-31)45(57)55-37-21-33(37)23-39(55)43-49-25-35(51-43)29-17-13-27(14-18-29)28-15-19-30(20-16-28)36-26-50-44(52-36)40-24-34-22-38(34)56(40)46(58)42(54(2)48(61)62)32-11-7-4-8-12-32/h3-20,25-26,33-34,37-42H,21-24H2,1-2H3,(H,49,51)(H,50,52)(H,59,60)(H,61,62)/t33-,34-,37-,38-,39+,40+,41-,42-/m1/s1. The van der Waals surface area contributed by atoms with Crippen LogP contribution >= 0.6 is 0 Å². The number of benzene rings is 4. The van der Waals surface area contributed by atoms with Crippen molar-refractivity contribution in [2.75, 3.05) is 14.1 Å². The van der Waals surface area contributed by atoms with E-state index in [1.807, 2.05) is 82.9 Å². The number of H-pyrrole nitrogens is 2. The van der Waals surface area contributed by atoms with Crippen LogP contribution in [0.3, 0.4) is 0 Å². The molecule has 10 rings (SSSR count). The molecule has 314 valence electrons. The van der Waals surface area contributed by atoms with Gasteiger partial charge in [0.1, 0.15) is 23.7 Å². The molecule has 4 amide bonds. The molecule has 4 N–H and O–H groups in total. The van der Waals surface area contributed by atoms with Crippen LogP contribution in [0.15, 0.2) is 122 Å². The van der Waals surface area contributed by atoms with E-state index in [1.165, 1.54) is 14.1 Å². The molecule has 62 heavy (non-hydrogen) atoms. The van der Waals surface area contributed by atoms with Gasteiger partial charge < -0.3 is 30.0 Å². The normalized spacial score (nSPS) is 22.9. The van der Waals surface area contributed by atoms with Gasteiger partial charge in [-0.1, -0.05) is 109 Å². The monoisotopic (exact) mass is 830 g/mol. The van der Waals surface area contributed by atoms with E-state index in [1.54, 1.807) is 24.3 Å². The lowest BCUT2D eigenvalue weighted by atomic mass is 10.0. The fourth-order valence-electron chi connectivity index (χ4n) is 9.85. The van der Waals surface area contributed by atoms with Crippen LogP contribution in [-0.4, -0.2) is 99.9 Å². The number of piperidine rings is 2. The average Bonchev–Trinajstić information content (AvgIpc) is 3.87. The smallest absolute Gasteiger partial charge is 0.407 e. The fraction of sp³-hybridized carbons (Fsp3) is 0.292. The zero-order chi connectivity index (χ0) is 42.8. The number of nitrogens with one attached hydrogen (secondary N) is 2. The van der Waals surface area contributed by atoms with Crippen molar-refractivity contribution in [1.82, 2.24) is 39.5 Å². The third kappa shape index (κ3) is 6.94. The van der Waals surface area contributed by atoms with Gasteiger partial charge in [-0.3, -0.25) is 19.4 Å². The molecule has 0 unspecified atom stereocenters. The Morgan fingerprint density at radius 3 is 1.26 bits per heavy atom. The van der Waals surface area contributed by atoms with Crippen LogP contribution in [0.1, 0.15) is 72.6 Å². The third-order valence-corrected chi connectivity index (χ3v) is 13.3. The van der Waals surface area contributed by atoms with Crippen molar-refractivity contribution in [2.24, 2.45) is 11.8 Å². The highest BCUT2D eigenvalue weighted by Crippen LogP contribution is 2.55. The summed E-state index contributed by atoms with van der Waals surface area (Å²) in [4.78, 5) is 75.1. The maximum Gasteiger partial charge on any atom is 0.407 e. The SMILES string of the molecule is CN(C(=O)O)[C@@H](C(=O)N1[C@@H]2C[C@@H]2C[C@H]1c1nc(-c2ccc(-c3ccc(-c4c[nH]c([C@@H]5C[C@H]6C[C@H]6N5C(=O)[C@@H](c5ccccc5)N(C)C(=O)O)n4)cc3)cc2)c[nH]1)c1ccccc1. The number of carbonyl (C=O) groups is 4. The summed E-state index contributed by atoms with van der Waals surface area (Å²) in [5.74, 6) is 1.66. The molecule has 4 aliphatic rings. The van der Waals surface area contributed by atoms with Crippen molar-refractivity contribution in [3.63, 3.8) is 0 Å². The number of aromatic nitrogens is 4. The molecule has 4 heterocycles. The summed E-state index contributed by atoms with van der Waals surface area (Å²) >= 11 is 0. The molecule has 2 aliphatic heterocycles. The Morgan fingerprint density at radius 1 is 0.548 bits per heavy atom. The van der Waals surface area contributed by atoms with Crippen LogP contribution in [0.5, 0.6) is 0 Å². The van der Waals surface area contributed by atoms with Gasteiger partial charge in [0.2, 0.25) is 0 Å². The van der Waals surface area contributed by atoms with Gasteiger partial charge in [-0.25, -0.2) is 19.6 Å². The van der Waals surface area contributed by atoms with E-state index in [0.29, 0.717) is 34.6 Å². The lowest BCUT2D eigenvalue weighted by Gasteiger charge is -2.33. The van der Waals surface area contributed by atoms with Gasteiger partial charge in [-0.2, -0.15) is 0 Å². The van der Waals surface area contributed by atoms with E-state index in [0.717, 1.165) is 69.1 Å². The van der Waals surface area contributed by atoms with Gasteiger partial charge in [-0.05, 0) is 59.8 Å². The number of hydrogen-bond donors (Lipinski definition) is 4. The maximum atomic E-state index is 14.2. The summed E-state index contributed by atoms with van der Waals surface area (Å²) in [6, 6.07) is 32.1. The molecule has 2 saturated heterocycles. The largest absolute Gasteiger partial charge is 0.465 e. The van der Waals surface area contributed by atoms with Gasteiger partial charge in [0.15, 0.2) is 0 Å². The Balaban J connectivity index is 0.825. The molecule has 4 fully saturated rings. The number of carboxylic acid groups (broad SMARTS) is 2. The van der Waals surface area contributed by atoms with Gasteiger partial charge >= 0.3 is 12.2 Å². The fourth-order valence-corrected chi connectivity index (χ4v) is 9.85. The first-order valence-corrected chi connectivity index (χ1v) is 21.0. The summed E-state index contributed by atoms with van der Waals surface area (Å²) in [7, 11) is 2.89. The van der Waals surface area contributed by atoms with Crippen LogP contribution in [0.25, 0.3) is 33.6 Å². The Bertz CT molecular complexity index is 2470. The van der Waals surface area contributed by atoms with Crippen molar-refractivity contribution in [1.29, 1.82) is 0 Å². The molecule has 2 aliphatic carbocycles. The molecule has 0 bridgehead atoms. The van der Waals surface area contributed by atoms with Crippen LogP contribution in [0.2, 0.25) is 0 Å². The summed E-state index contributed by atoms with van der Waals surface area (Å²) in [6.45, 7) is 0. The summed E-state index contributed by atoms with van der Waals surface area (Å²) in [5.41, 5.74) is 6.69. The number of likely N-dealkylation sites (tertiary alicyclic amines) is 2. The zero-order valence-corrected chi connectivity index (χ0v) is 34.2. The molecule has 0 radical (unpaired) electrons. The highest BCUT2D eigenvalue weighted by atomic mass is 16.4. The highest BCUT2D eigenvalue weighted by Gasteiger charge is 2.58. The van der Waals surface area contributed by atoms with Crippen LogP contribution in [0.4, 0.5) is 9.59 Å². The number of carbonyl (C=O) groups excluding carboxylic acids is 2. The molecule has 14 heteroatoms. The van der Waals surface area contributed by atoms with Crippen molar-refractivity contribution in [2.45, 2.75) is 61.9 Å². The van der Waals surface area contributed by atoms with E-state index in [4.69, 9.17) is 9.97 Å². The number of imidazole rings is 2. The number of amides is 4. The van der Waals surface area contributed by atoms with Gasteiger partial charge in [-0.15, -0.1) is 0 Å².